The molecule has 1 atom stereocenters. The molecular weight excluding hydrogens is 236 g/mol. The van der Waals surface area contributed by atoms with Gasteiger partial charge in [-0.15, -0.1) is 0 Å². The Bertz CT molecular complexity index is 421. The van der Waals surface area contributed by atoms with Gasteiger partial charge in [-0.05, 0) is 55.4 Å². The van der Waals surface area contributed by atoms with Crippen LogP contribution in [-0.2, 0) is 11.2 Å². The molecule has 0 saturated carbocycles. The summed E-state index contributed by atoms with van der Waals surface area (Å²) in [5.74, 6) is 2.14. The molecule has 0 bridgehead atoms. The summed E-state index contributed by atoms with van der Waals surface area (Å²) < 4.78 is 5.72. The van der Waals surface area contributed by atoms with Crippen LogP contribution in [0.3, 0.4) is 0 Å². The first-order chi connectivity index (χ1) is 8.88. The average Bonchev–Trinajstić information content (AvgIpc) is 2.28. The van der Waals surface area contributed by atoms with Crippen LogP contribution in [0.25, 0.3) is 0 Å². The maximum Gasteiger partial charge on any atom is 0.130 e. The molecule has 2 nitrogen and oxygen atoms in total. The Morgan fingerprint density at radius 1 is 1.26 bits per heavy atom. The number of benzene rings is 1. The van der Waals surface area contributed by atoms with Crippen molar-refractivity contribution in [3.63, 3.8) is 0 Å². The first-order valence-electron chi connectivity index (χ1n) is 7.10. The highest BCUT2D eigenvalue weighted by molar-refractivity contribution is 5.75. The number of aryl methyl sites for hydroxylation is 1. The normalized spacial score (nSPS) is 12.5. The number of ether oxygens (including phenoxy) is 1. The van der Waals surface area contributed by atoms with Gasteiger partial charge >= 0.3 is 0 Å². The molecule has 1 unspecified atom stereocenters. The Morgan fingerprint density at radius 2 is 1.95 bits per heavy atom. The third kappa shape index (κ3) is 5.91. The van der Waals surface area contributed by atoms with Gasteiger partial charge in [0.2, 0.25) is 0 Å². The van der Waals surface area contributed by atoms with E-state index in [0.29, 0.717) is 18.3 Å². The van der Waals surface area contributed by atoms with Crippen molar-refractivity contribution < 1.29 is 9.53 Å². The van der Waals surface area contributed by atoms with Crippen molar-refractivity contribution in [2.75, 3.05) is 6.61 Å². The fraction of sp³-hybridized carbons (Fsp3) is 0.588. The van der Waals surface area contributed by atoms with Crippen molar-refractivity contribution in [1.82, 2.24) is 0 Å². The van der Waals surface area contributed by atoms with Crippen LogP contribution in [0, 0.1) is 18.8 Å². The van der Waals surface area contributed by atoms with Gasteiger partial charge in [0.25, 0.3) is 0 Å². The SMILES string of the molecule is CC(=O)CC(C)Cc1ccc(OCC(C)C)cc1C. The maximum absolute atomic E-state index is 11.1. The number of hydrogen-bond donors (Lipinski definition) is 0. The number of rotatable bonds is 7. The van der Waals surface area contributed by atoms with E-state index in [9.17, 15) is 4.79 Å². The van der Waals surface area contributed by atoms with Gasteiger partial charge in [0.1, 0.15) is 11.5 Å². The minimum absolute atomic E-state index is 0.266. The van der Waals surface area contributed by atoms with E-state index >= 15 is 0 Å². The Kier molecular flexibility index (Phi) is 6.07. The molecule has 0 saturated heterocycles. The molecule has 0 aliphatic rings. The summed E-state index contributed by atoms with van der Waals surface area (Å²) >= 11 is 0. The fourth-order valence-electron chi connectivity index (χ4n) is 2.19. The van der Waals surface area contributed by atoms with Crippen molar-refractivity contribution in [2.24, 2.45) is 11.8 Å². The van der Waals surface area contributed by atoms with E-state index in [1.54, 1.807) is 6.92 Å². The van der Waals surface area contributed by atoms with Crippen molar-refractivity contribution in [1.29, 1.82) is 0 Å². The van der Waals surface area contributed by atoms with Crippen molar-refractivity contribution in [2.45, 2.75) is 47.5 Å². The molecule has 0 fully saturated rings. The number of carbonyl (C=O) groups excluding carboxylic acids is 1. The Balaban J connectivity index is 2.63. The zero-order valence-corrected chi connectivity index (χ0v) is 12.8. The topological polar surface area (TPSA) is 26.3 Å². The minimum atomic E-state index is 0.266. The molecule has 2 heteroatoms. The minimum Gasteiger partial charge on any atom is -0.493 e. The number of carbonyl (C=O) groups is 1. The molecule has 1 aromatic rings. The van der Waals surface area contributed by atoms with Crippen molar-refractivity contribution >= 4 is 5.78 Å². The lowest BCUT2D eigenvalue weighted by atomic mass is 9.94. The van der Waals surface area contributed by atoms with Crippen LogP contribution in [0.15, 0.2) is 18.2 Å². The van der Waals surface area contributed by atoms with E-state index in [1.165, 1.54) is 11.1 Å². The third-order valence-electron chi connectivity index (χ3n) is 3.10. The summed E-state index contributed by atoms with van der Waals surface area (Å²) in [5, 5.41) is 0. The van der Waals surface area contributed by atoms with E-state index in [2.05, 4.69) is 39.8 Å². The molecule has 0 spiro atoms. The number of Topliss-reactive ketones (excluding diaryl/α,β-unsaturated/α-hetero) is 1. The van der Waals surface area contributed by atoms with Crippen LogP contribution >= 0.6 is 0 Å². The van der Waals surface area contributed by atoms with Crippen LogP contribution in [0.2, 0.25) is 0 Å². The molecular formula is C17H26O2. The Hall–Kier alpha value is -1.31. The largest absolute Gasteiger partial charge is 0.493 e. The summed E-state index contributed by atoms with van der Waals surface area (Å²) in [6.07, 6.45) is 1.61. The van der Waals surface area contributed by atoms with Gasteiger partial charge in [0, 0.05) is 6.42 Å². The first-order valence-corrected chi connectivity index (χ1v) is 7.10. The van der Waals surface area contributed by atoms with Gasteiger partial charge in [-0.2, -0.15) is 0 Å². The van der Waals surface area contributed by atoms with E-state index in [4.69, 9.17) is 4.74 Å². The average molecular weight is 262 g/mol. The van der Waals surface area contributed by atoms with Gasteiger partial charge < -0.3 is 9.53 Å². The molecule has 0 N–H and O–H groups in total. The lowest BCUT2D eigenvalue weighted by molar-refractivity contribution is -0.117. The highest BCUT2D eigenvalue weighted by Gasteiger charge is 2.09. The van der Waals surface area contributed by atoms with Crippen molar-refractivity contribution in [3.8, 4) is 5.75 Å². The van der Waals surface area contributed by atoms with Crippen LogP contribution < -0.4 is 4.74 Å². The molecule has 0 heterocycles. The Morgan fingerprint density at radius 3 is 2.47 bits per heavy atom. The zero-order chi connectivity index (χ0) is 14.4. The second kappa shape index (κ2) is 7.32. The van der Waals surface area contributed by atoms with Crippen LogP contribution in [-0.4, -0.2) is 12.4 Å². The van der Waals surface area contributed by atoms with E-state index in [0.717, 1.165) is 18.8 Å². The molecule has 106 valence electrons. The van der Waals surface area contributed by atoms with Crippen LogP contribution in [0.1, 0.15) is 45.2 Å². The highest BCUT2D eigenvalue weighted by atomic mass is 16.5. The molecule has 0 amide bonds. The quantitative estimate of drug-likeness (QED) is 0.736. The number of hydrogen-bond acceptors (Lipinski definition) is 2. The predicted molar refractivity (Wildman–Crippen MR) is 79.7 cm³/mol. The van der Waals surface area contributed by atoms with Gasteiger partial charge in [-0.1, -0.05) is 26.8 Å². The molecule has 0 aliphatic heterocycles. The first kappa shape index (κ1) is 15.7. The lowest BCUT2D eigenvalue weighted by Gasteiger charge is -2.14. The monoisotopic (exact) mass is 262 g/mol. The molecule has 0 radical (unpaired) electrons. The Labute approximate surface area is 117 Å². The number of ketones is 1. The summed E-state index contributed by atoms with van der Waals surface area (Å²) in [6, 6.07) is 6.25. The zero-order valence-electron chi connectivity index (χ0n) is 12.8. The van der Waals surface area contributed by atoms with E-state index in [1.807, 2.05) is 6.07 Å². The summed E-state index contributed by atoms with van der Waals surface area (Å²) in [6.45, 7) is 10.9. The van der Waals surface area contributed by atoms with Gasteiger partial charge in [0.05, 0.1) is 6.61 Å². The summed E-state index contributed by atoms with van der Waals surface area (Å²) in [7, 11) is 0. The van der Waals surface area contributed by atoms with Crippen LogP contribution in [0.5, 0.6) is 5.75 Å². The molecule has 0 aliphatic carbocycles. The fourth-order valence-corrected chi connectivity index (χ4v) is 2.19. The molecule has 0 aromatic heterocycles. The summed E-state index contributed by atoms with van der Waals surface area (Å²) in [5.41, 5.74) is 2.56. The maximum atomic E-state index is 11.1. The van der Waals surface area contributed by atoms with Gasteiger partial charge in [-0.25, -0.2) is 0 Å². The molecule has 1 aromatic carbocycles. The van der Waals surface area contributed by atoms with Crippen molar-refractivity contribution in [3.05, 3.63) is 29.3 Å². The molecule has 1 rings (SSSR count). The predicted octanol–water partition coefficient (Wildman–Crippen LogP) is 4.19. The molecule has 19 heavy (non-hydrogen) atoms. The standard InChI is InChI=1S/C17H26O2/c1-12(2)11-19-17-7-6-16(14(4)10-17)9-13(3)8-15(5)18/h6-7,10,12-13H,8-9,11H2,1-5H3. The third-order valence-corrected chi connectivity index (χ3v) is 3.10. The smallest absolute Gasteiger partial charge is 0.130 e. The highest BCUT2D eigenvalue weighted by Crippen LogP contribution is 2.21. The second-order valence-corrected chi connectivity index (χ2v) is 6.01. The van der Waals surface area contributed by atoms with Crippen LogP contribution in [0.4, 0.5) is 0 Å². The summed E-state index contributed by atoms with van der Waals surface area (Å²) in [4.78, 5) is 11.1. The van der Waals surface area contributed by atoms with E-state index < -0.39 is 0 Å². The van der Waals surface area contributed by atoms with E-state index in [-0.39, 0.29) is 5.78 Å². The van der Waals surface area contributed by atoms with Gasteiger partial charge in [0.15, 0.2) is 0 Å². The van der Waals surface area contributed by atoms with Gasteiger partial charge in [-0.3, -0.25) is 0 Å². The second-order valence-electron chi connectivity index (χ2n) is 6.01. The lowest BCUT2D eigenvalue weighted by Crippen LogP contribution is -2.07.